The molecule has 0 amide bonds. The minimum atomic E-state index is -4.45. The summed E-state index contributed by atoms with van der Waals surface area (Å²) >= 11 is 0. The van der Waals surface area contributed by atoms with Crippen molar-refractivity contribution in [1.29, 1.82) is 0 Å². The molecule has 1 aliphatic heterocycles. The van der Waals surface area contributed by atoms with E-state index in [2.05, 4.69) is 4.90 Å². The molecule has 1 N–H and O–H groups in total. The van der Waals surface area contributed by atoms with Crippen molar-refractivity contribution >= 4 is 5.97 Å². The molecule has 0 aliphatic carbocycles. The number of halogens is 3. The van der Waals surface area contributed by atoms with Gasteiger partial charge >= 0.3 is 12.1 Å². The first-order valence-corrected chi connectivity index (χ1v) is 12.3. The Labute approximate surface area is 219 Å². The van der Waals surface area contributed by atoms with Gasteiger partial charge in [-0.25, -0.2) is 0 Å². The molecule has 1 aliphatic rings. The fourth-order valence-corrected chi connectivity index (χ4v) is 4.80. The van der Waals surface area contributed by atoms with E-state index in [4.69, 9.17) is 14.2 Å². The minimum Gasteiger partial charge on any atom is -0.493 e. The standard InChI is InChI=1S/C29H30F3NO5/c1-36-24-16-22(17-25(37-2)27(24)38-18-19-6-4-3-5-7-19)26(33-14-12-21(13-15-33)28(34)35)20-8-10-23(11-9-20)29(30,31)32/h3-11,16-17,21,26H,12-15,18H2,1-2H3,(H,34,35). The van der Waals surface area contributed by atoms with Crippen LogP contribution in [0.2, 0.25) is 0 Å². The molecule has 0 saturated carbocycles. The number of carboxylic acids is 1. The second-order valence-corrected chi connectivity index (χ2v) is 9.20. The number of rotatable bonds is 9. The average Bonchev–Trinajstić information content (AvgIpc) is 2.92. The second kappa shape index (κ2) is 11.8. The normalized spacial score (nSPS) is 15.6. The Bertz CT molecular complexity index is 1200. The Hall–Kier alpha value is -3.72. The van der Waals surface area contributed by atoms with Crippen LogP contribution in [-0.4, -0.2) is 43.3 Å². The van der Waals surface area contributed by atoms with Crippen molar-refractivity contribution in [2.24, 2.45) is 5.92 Å². The van der Waals surface area contributed by atoms with E-state index < -0.39 is 29.7 Å². The van der Waals surface area contributed by atoms with Crippen molar-refractivity contribution < 1.29 is 37.3 Å². The molecule has 0 aromatic heterocycles. The maximum atomic E-state index is 13.2. The molecule has 4 rings (SSSR count). The van der Waals surface area contributed by atoms with Crippen molar-refractivity contribution in [2.45, 2.75) is 31.7 Å². The van der Waals surface area contributed by atoms with Gasteiger partial charge in [-0.1, -0.05) is 42.5 Å². The Balaban J connectivity index is 1.72. The molecule has 0 radical (unpaired) electrons. The monoisotopic (exact) mass is 529 g/mol. The van der Waals surface area contributed by atoms with Crippen molar-refractivity contribution in [3.05, 3.63) is 89.0 Å². The number of ether oxygens (including phenoxy) is 3. The molecule has 3 aromatic rings. The number of carboxylic acid groups (broad SMARTS) is 1. The van der Waals surface area contributed by atoms with E-state index in [0.717, 1.165) is 23.3 Å². The summed E-state index contributed by atoms with van der Waals surface area (Å²) in [4.78, 5) is 13.6. The van der Waals surface area contributed by atoms with Crippen LogP contribution >= 0.6 is 0 Å². The molecule has 0 bridgehead atoms. The quantitative estimate of drug-likeness (QED) is 0.357. The number of benzene rings is 3. The third-order valence-electron chi connectivity index (χ3n) is 6.82. The number of methoxy groups -OCH3 is 2. The van der Waals surface area contributed by atoms with Crippen molar-refractivity contribution in [3.8, 4) is 17.2 Å². The van der Waals surface area contributed by atoms with Gasteiger partial charge in [0.15, 0.2) is 11.5 Å². The molecule has 3 aromatic carbocycles. The summed E-state index contributed by atoms with van der Waals surface area (Å²) < 4.78 is 57.1. The molecule has 1 fully saturated rings. The lowest BCUT2D eigenvalue weighted by atomic mass is 9.90. The first-order valence-electron chi connectivity index (χ1n) is 12.3. The van der Waals surface area contributed by atoms with Crippen LogP contribution in [0.4, 0.5) is 13.2 Å². The Kier molecular flexibility index (Phi) is 8.46. The molecule has 1 atom stereocenters. The molecular formula is C29H30F3NO5. The summed E-state index contributed by atoms with van der Waals surface area (Å²) in [6.45, 7) is 1.23. The zero-order chi connectivity index (χ0) is 27.3. The molecular weight excluding hydrogens is 499 g/mol. The van der Waals surface area contributed by atoms with Gasteiger partial charge in [0.2, 0.25) is 5.75 Å². The van der Waals surface area contributed by atoms with Gasteiger partial charge in [-0.2, -0.15) is 13.2 Å². The van der Waals surface area contributed by atoms with Gasteiger partial charge in [0.1, 0.15) is 6.61 Å². The summed E-state index contributed by atoms with van der Waals surface area (Å²) in [5.41, 5.74) is 1.61. The van der Waals surface area contributed by atoms with Gasteiger partial charge in [0.25, 0.3) is 0 Å². The highest BCUT2D eigenvalue weighted by Gasteiger charge is 2.33. The van der Waals surface area contributed by atoms with Crippen LogP contribution in [0.5, 0.6) is 17.2 Å². The average molecular weight is 530 g/mol. The predicted molar refractivity (Wildman–Crippen MR) is 136 cm³/mol. The highest BCUT2D eigenvalue weighted by atomic mass is 19.4. The van der Waals surface area contributed by atoms with Crippen LogP contribution in [-0.2, 0) is 17.6 Å². The third kappa shape index (κ3) is 6.22. The first-order chi connectivity index (χ1) is 18.2. The summed E-state index contributed by atoms with van der Waals surface area (Å²) in [7, 11) is 3.03. The summed E-state index contributed by atoms with van der Waals surface area (Å²) in [6, 6.07) is 17.9. The first kappa shape index (κ1) is 27.3. The topological polar surface area (TPSA) is 68.2 Å². The molecule has 6 nitrogen and oxygen atoms in total. The second-order valence-electron chi connectivity index (χ2n) is 9.20. The van der Waals surface area contributed by atoms with E-state index in [9.17, 15) is 23.1 Å². The zero-order valence-electron chi connectivity index (χ0n) is 21.2. The number of likely N-dealkylation sites (tertiary alicyclic amines) is 1. The lowest BCUT2D eigenvalue weighted by molar-refractivity contribution is -0.143. The van der Waals surface area contributed by atoms with Crippen LogP contribution in [0.15, 0.2) is 66.7 Å². The smallest absolute Gasteiger partial charge is 0.416 e. The van der Waals surface area contributed by atoms with Crippen molar-refractivity contribution in [1.82, 2.24) is 4.90 Å². The number of piperidine rings is 1. The molecule has 38 heavy (non-hydrogen) atoms. The molecule has 202 valence electrons. The number of nitrogens with zero attached hydrogens (tertiary/aromatic N) is 1. The molecule has 0 spiro atoms. The van der Waals surface area contributed by atoms with Crippen LogP contribution in [0, 0.1) is 5.92 Å². The number of aliphatic carboxylic acids is 1. The van der Waals surface area contributed by atoms with Crippen molar-refractivity contribution in [3.63, 3.8) is 0 Å². The van der Waals surface area contributed by atoms with Crippen LogP contribution in [0.25, 0.3) is 0 Å². The molecule has 1 saturated heterocycles. The summed E-state index contributed by atoms with van der Waals surface area (Å²) in [5.74, 6) is -0.0186. The minimum absolute atomic E-state index is 0.290. The van der Waals surface area contributed by atoms with Crippen LogP contribution in [0.3, 0.4) is 0 Å². The molecule has 1 unspecified atom stereocenters. The number of hydrogen-bond acceptors (Lipinski definition) is 5. The van der Waals surface area contributed by atoms with Gasteiger partial charge in [0, 0.05) is 0 Å². The summed E-state index contributed by atoms with van der Waals surface area (Å²) in [6.07, 6.45) is -3.56. The Morgan fingerprint density at radius 1 is 0.947 bits per heavy atom. The predicted octanol–water partition coefficient (Wildman–Crippen LogP) is 6.19. The van der Waals surface area contributed by atoms with E-state index >= 15 is 0 Å². The van der Waals surface area contributed by atoms with Gasteiger partial charge < -0.3 is 19.3 Å². The SMILES string of the molecule is COc1cc(C(c2ccc(C(F)(F)F)cc2)N2CCC(C(=O)O)CC2)cc(OC)c1OCc1ccccc1. The maximum Gasteiger partial charge on any atom is 0.416 e. The number of hydrogen-bond donors (Lipinski definition) is 1. The highest BCUT2D eigenvalue weighted by molar-refractivity contribution is 5.70. The van der Waals surface area contributed by atoms with Gasteiger partial charge in [-0.05, 0) is 66.9 Å². The fourth-order valence-electron chi connectivity index (χ4n) is 4.80. The highest BCUT2D eigenvalue weighted by Crippen LogP contribution is 2.44. The summed E-state index contributed by atoms with van der Waals surface area (Å²) in [5, 5.41) is 9.43. The third-order valence-corrected chi connectivity index (χ3v) is 6.82. The van der Waals surface area contributed by atoms with Crippen LogP contribution in [0.1, 0.15) is 41.1 Å². The molecule has 9 heteroatoms. The lowest BCUT2D eigenvalue weighted by Crippen LogP contribution is -2.39. The van der Waals surface area contributed by atoms with E-state index in [1.165, 1.54) is 26.4 Å². The largest absolute Gasteiger partial charge is 0.493 e. The fraction of sp³-hybridized carbons (Fsp3) is 0.345. The van der Waals surface area contributed by atoms with Gasteiger partial charge in [-0.15, -0.1) is 0 Å². The number of carbonyl (C=O) groups is 1. The van der Waals surface area contributed by atoms with E-state index in [1.807, 2.05) is 30.3 Å². The van der Waals surface area contributed by atoms with Crippen molar-refractivity contribution in [2.75, 3.05) is 27.3 Å². The Morgan fingerprint density at radius 3 is 2.03 bits per heavy atom. The van der Waals surface area contributed by atoms with E-state index in [0.29, 0.717) is 48.7 Å². The maximum absolute atomic E-state index is 13.2. The molecule has 1 heterocycles. The Morgan fingerprint density at radius 2 is 1.53 bits per heavy atom. The zero-order valence-corrected chi connectivity index (χ0v) is 21.2. The lowest BCUT2D eigenvalue weighted by Gasteiger charge is -2.37. The van der Waals surface area contributed by atoms with Gasteiger partial charge in [-0.3, -0.25) is 9.69 Å². The van der Waals surface area contributed by atoms with E-state index in [-0.39, 0.29) is 6.61 Å². The van der Waals surface area contributed by atoms with E-state index in [1.54, 1.807) is 12.1 Å². The van der Waals surface area contributed by atoms with Crippen LogP contribution < -0.4 is 14.2 Å². The van der Waals surface area contributed by atoms with Gasteiger partial charge in [0.05, 0.1) is 31.7 Å². The number of alkyl halides is 3.